The van der Waals surface area contributed by atoms with E-state index in [0.29, 0.717) is 42.8 Å². The van der Waals surface area contributed by atoms with E-state index in [1.54, 1.807) is 11.8 Å². The van der Waals surface area contributed by atoms with Crippen LogP contribution in [-0.2, 0) is 0 Å². The zero-order chi connectivity index (χ0) is 16.8. The number of rotatable bonds is 2. The quantitative estimate of drug-likeness (QED) is 0.889. The molecule has 2 aliphatic rings. The molecule has 1 aliphatic heterocycles. The van der Waals surface area contributed by atoms with Crippen LogP contribution < -0.4 is 0 Å². The summed E-state index contributed by atoms with van der Waals surface area (Å²) in [5.41, 5.74) is 0.0935. The monoisotopic (exact) mass is 343 g/mol. The molecule has 1 amide bonds. The van der Waals surface area contributed by atoms with Gasteiger partial charge in [0.15, 0.2) is 0 Å². The molecule has 1 spiro atoms. The SMILES string of the molecule is Cc1sc(C(=O)O)cc1C(=O)N1CCC2(CC1)CCC(F)(F)C2. The van der Waals surface area contributed by atoms with Gasteiger partial charge in [0.1, 0.15) is 4.88 Å². The van der Waals surface area contributed by atoms with Gasteiger partial charge in [-0.25, -0.2) is 13.6 Å². The van der Waals surface area contributed by atoms with Crippen molar-refractivity contribution in [2.45, 2.75) is 45.0 Å². The molecule has 3 rings (SSSR count). The molecule has 1 aliphatic carbocycles. The van der Waals surface area contributed by atoms with Crippen LogP contribution in [0, 0.1) is 12.3 Å². The maximum Gasteiger partial charge on any atom is 0.345 e. The van der Waals surface area contributed by atoms with Crippen LogP contribution in [-0.4, -0.2) is 40.9 Å². The average Bonchev–Trinajstić information content (AvgIpc) is 3.00. The van der Waals surface area contributed by atoms with Crippen LogP contribution in [0.2, 0.25) is 0 Å². The fourth-order valence-corrected chi connectivity index (χ4v) is 4.60. The Bertz CT molecular complexity index is 648. The van der Waals surface area contributed by atoms with Crippen LogP contribution in [0.1, 0.15) is 57.0 Å². The first-order chi connectivity index (χ1) is 10.7. The van der Waals surface area contributed by atoms with E-state index in [2.05, 4.69) is 0 Å². The number of hydrogen-bond acceptors (Lipinski definition) is 3. The second kappa shape index (κ2) is 5.54. The molecule has 0 aromatic carbocycles. The highest BCUT2D eigenvalue weighted by Crippen LogP contribution is 2.52. The summed E-state index contributed by atoms with van der Waals surface area (Å²) in [5, 5.41) is 9.02. The molecular formula is C16H19F2NO3S. The highest BCUT2D eigenvalue weighted by molar-refractivity contribution is 7.14. The highest BCUT2D eigenvalue weighted by Gasteiger charge is 2.50. The van der Waals surface area contributed by atoms with Crippen molar-refractivity contribution in [1.82, 2.24) is 4.90 Å². The number of amides is 1. The van der Waals surface area contributed by atoms with Crippen molar-refractivity contribution >= 4 is 23.2 Å². The van der Waals surface area contributed by atoms with Gasteiger partial charge in [-0.15, -0.1) is 11.3 Å². The predicted molar refractivity (Wildman–Crippen MR) is 82.4 cm³/mol. The minimum absolute atomic E-state index is 0.0491. The molecule has 1 saturated carbocycles. The highest BCUT2D eigenvalue weighted by atomic mass is 32.1. The number of nitrogens with zero attached hydrogens (tertiary/aromatic N) is 1. The van der Waals surface area contributed by atoms with Gasteiger partial charge in [0, 0.05) is 30.8 Å². The number of carboxylic acid groups (broad SMARTS) is 1. The second-order valence-corrected chi connectivity index (χ2v) is 7.97. The third kappa shape index (κ3) is 3.11. The van der Waals surface area contributed by atoms with Gasteiger partial charge in [0.05, 0.1) is 5.56 Å². The van der Waals surface area contributed by atoms with Gasteiger partial charge in [-0.1, -0.05) is 0 Å². The first kappa shape index (κ1) is 16.4. The first-order valence-corrected chi connectivity index (χ1v) is 8.54. The number of carboxylic acids is 1. The molecule has 126 valence electrons. The molecule has 2 heterocycles. The Balaban J connectivity index is 1.68. The number of carbonyl (C=O) groups excluding carboxylic acids is 1. The van der Waals surface area contributed by atoms with Crippen molar-refractivity contribution in [2.75, 3.05) is 13.1 Å². The summed E-state index contributed by atoms with van der Waals surface area (Å²) in [6.07, 6.45) is 1.62. The predicted octanol–water partition coefficient (Wildman–Crippen LogP) is 3.80. The summed E-state index contributed by atoms with van der Waals surface area (Å²) in [4.78, 5) is 26.1. The molecule has 0 bridgehead atoms. The second-order valence-electron chi connectivity index (χ2n) is 6.71. The number of aryl methyl sites for hydroxylation is 1. The molecule has 0 radical (unpaired) electrons. The fourth-order valence-electron chi connectivity index (χ4n) is 3.75. The summed E-state index contributed by atoms with van der Waals surface area (Å²) < 4.78 is 27.0. The lowest BCUT2D eigenvalue weighted by Gasteiger charge is -2.39. The van der Waals surface area contributed by atoms with Crippen molar-refractivity contribution in [3.05, 3.63) is 21.4 Å². The Morgan fingerprint density at radius 1 is 1.22 bits per heavy atom. The Morgan fingerprint density at radius 3 is 2.35 bits per heavy atom. The molecule has 7 heteroatoms. The molecule has 1 aromatic heterocycles. The van der Waals surface area contributed by atoms with E-state index in [4.69, 9.17) is 5.11 Å². The maximum atomic E-state index is 13.5. The molecule has 4 nitrogen and oxygen atoms in total. The summed E-state index contributed by atoms with van der Waals surface area (Å²) in [6, 6.07) is 1.42. The average molecular weight is 343 g/mol. The fraction of sp³-hybridized carbons (Fsp3) is 0.625. The van der Waals surface area contributed by atoms with Crippen LogP contribution in [0.4, 0.5) is 8.78 Å². The zero-order valence-electron chi connectivity index (χ0n) is 12.9. The number of thiophene rings is 1. The Kier molecular flexibility index (Phi) is 3.94. The van der Waals surface area contributed by atoms with Crippen molar-refractivity contribution in [1.29, 1.82) is 0 Å². The van der Waals surface area contributed by atoms with Crippen LogP contribution in [0.25, 0.3) is 0 Å². The van der Waals surface area contributed by atoms with Crippen LogP contribution in [0.5, 0.6) is 0 Å². The molecule has 0 atom stereocenters. The van der Waals surface area contributed by atoms with E-state index in [1.165, 1.54) is 6.07 Å². The zero-order valence-corrected chi connectivity index (χ0v) is 13.7. The van der Waals surface area contributed by atoms with Crippen LogP contribution in [0.15, 0.2) is 6.07 Å². The lowest BCUT2D eigenvalue weighted by molar-refractivity contribution is -0.0122. The van der Waals surface area contributed by atoms with Gasteiger partial charge >= 0.3 is 5.97 Å². The third-order valence-corrected chi connectivity index (χ3v) is 6.16. The molecule has 23 heavy (non-hydrogen) atoms. The molecule has 0 unspecified atom stereocenters. The smallest absolute Gasteiger partial charge is 0.345 e. The van der Waals surface area contributed by atoms with Crippen molar-refractivity contribution in [2.24, 2.45) is 5.41 Å². The largest absolute Gasteiger partial charge is 0.477 e. The molecule has 2 fully saturated rings. The summed E-state index contributed by atoms with van der Waals surface area (Å²) in [6.45, 7) is 2.66. The van der Waals surface area contributed by atoms with Crippen molar-refractivity contribution in [3.63, 3.8) is 0 Å². The first-order valence-electron chi connectivity index (χ1n) is 7.72. The van der Waals surface area contributed by atoms with Crippen molar-refractivity contribution < 1.29 is 23.5 Å². The Hall–Kier alpha value is -1.50. The summed E-state index contributed by atoms with van der Waals surface area (Å²) >= 11 is 1.09. The lowest BCUT2D eigenvalue weighted by Crippen LogP contribution is -2.42. The number of aromatic carboxylic acids is 1. The summed E-state index contributed by atoms with van der Waals surface area (Å²) in [5.74, 6) is -3.79. The Morgan fingerprint density at radius 2 is 1.87 bits per heavy atom. The van der Waals surface area contributed by atoms with Gasteiger partial charge in [0.2, 0.25) is 5.92 Å². The molecule has 1 saturated heterocycles. The Labute approximate surface area is 137 Å². The van der Waals surface area contributed by atoms with E-state index in [-0.39, 0.29) is 29.0 Å². The number of hydrogen-bond donors (Lipinski definition) is 1. The van der Waals surface area contributed by atoms with E-state index in [9.17, 15) is 18.4 Å². The van der Waals surface area contributed by atoms with E-state index in [1.807, 2.05) is 0 Å². The van der Waals surface area contributed by atoms with Gasteiger partial charge in [-0.05, 0) is 37.7 Å². The topological polar surface area (TPSA) is 57.6 Å². The normalized spacial score (nSPS) is 22.5. The van der Waals surface area contributed by atoms with E-state index >= 15 is 0 Å². The van der Waals surface area contributed by atoms with Crippen molar-refractivity contribution in [3.8, 4) is 0 Å². The van der Waals surface area contributed by atoms with Crippen LogP contribution >= 0.6 is 11.3 Å². The third-order valence-electron chi connectivity index (χ3n) is 5.13. The number of piperidine rings is 1. The van der Waals surface area contributed by atoms with Gasteiger partial charge < -0.3 is 10.0 Å². The molecular weight excluding hydrogens is 324 g/mol. The summed E-state index contributed by atoms with van der Waals surface area (Å²) in [7, 11) is 0. The molecule has 1 N–H and O–H groups in total. The molecule has 1 aromatic rings. The minimum Gasteiger partial charge on any atom is -0.477 e. The van der Waals surface area contributed by atoms with E-state index < -0.39 is 11.9 Å². The van der Waals surface area contributed by atoms with Gasteiger partial charge in [0.25, 0.3) is 5.91 Å². The number of alkyl halides is 2. The number of likely N-dealkylation sites (tertiary alicyclic amines) is 1. The number of carbonyl (C=O) groups is 2. The maximum absolute atomic E-state index is 13.5. The van der Waals surface area contributed by atoms with Crippen LogP contribution in [0.3, 0.4) is 0 Å². The number of halogens is 2. The van der Waals surface area contributed by atoms with Gasteiger partial charge in [-0.2, -0.15) is 0 Å². The van der Waals surface area contributed by atoms with E-state index in [0.717, 1.165) is 11.3 Å². The minimum atomic E-state index is -2.56. The standard InChI is InChI=1S/C16H19F2NO3S/c1-10-11(8-12(23-10)14(21)22)13(20)19-6-4-15(5-7-19)2-3-16(17,18)9-15/h8H,2-7,9H2,1H3,(H,21,22). The van der Waals surface area contributed by atoms with Gasteiger partial charge in [-0.3, -0.25) is 4.79 Å². The lowest BCUT2D eigenvalue weighted by atomic mass is 9.77.